The average Bonchev–Trinajstić information content (AvgIpc) is 2.22. The number of methoxy groups -OCH3 is 1. The Morgan fingerprint density at radius 1 is 1.12 bits per heavy atom. The molecule has 0 aromatic heterocycles. The van der Waals surface area contributed by atoms with Gasteiger partial charge in [-0.15, -0.1) is 0 Å². The first-order valence-corrected chi connectivity index (χ1v) is 6.12. The molecular weight excluding hydrogens is 202 g/mol. The van der Waals surface area contributed by atoms with Crippen LogP contribution in [0.4, 0.5) is 0 Å². The Morgan fingerprint density at radius 2 is 1.81 bits per heavy atom. The Labute approximate surface area is 101 Å². The number of nitrogens with one attached hydrogen (secondary N) is 1. The highest BCUT2D eigenvalue weighted by atomic mass is 16.5. The highest BCUT2D eigenvalue weighted by molar-refractivity contribution is 4.63. The van der Waals surface area contributed by atoms with Gasteiger partial charge in [0.05, 0.1) is 6.61 Å². The van der Waals surface area contributed by atoms with Crippen LogP contribution in [-0.4, -0.2) is 76.9 Å². The molecular formula is C12H29N3O. The summed E-state index contributed by atoms with van der Waals surface area (Å²) in [6, 6.07) is 0.494. The molecule has 0 heterocycles. The quantitative estimate of drug-likeness (QED) is 0.554. The van der Waals surface area contributed by atoms with E-state index in [9.17, 15) is 0 Å². The van der Waals surface area contributed by atoms with Crippen molar-refractivity contribution in [2.45, 2.75) is 19.4 Å². The van der Waals surface area contributed by atoms with E-state index >= 15 is 0 Å². The topological polar surface area (TPSA) is 27.7 Å². The molecule has 0 aromatic rings. The van der Waals surface area contributed by atoms with Gasteiger partial charge in [0.1, 0.15) is 0 Å². The zero-order valence-corrected chi connectivity index (χ0v) is 11.6. The molecule has 0 aliphatic heterocycles. The Balaban J connectivity index is 3.30. The van der Waals surface area contributed by atoms with Gasteiger partial charge in [0.15, 0.2) is 0 Å². The van der Waals surface area contributed by atoms with Crippen molar-refractivity contribution in [1.82, 2.24) is 15.1 Å². The highest BCUT2D eigenvalue weighted by Crippen LogP contribution is 1.94. The minimum Gasteiger partial charge on any atom is -0.383 e. The molecule has 0 amide bonds. The van der Waals surface area contributed by atoms with Crippen molar-refractivity contribution in [1.29, 1.82) is 0 Å². The lowest BCUT2D eigenvalue weighted by atomic mass is 10.3. The van der Waals surface area contributed by atoms with Crippen molar-refractivity contribution in [2.24, 2.45) is 0 Å². The molecule has 0 fully saturated rings. The summed E-state index contributed by atoms with van der Waals surface area (Å²) >= 11 is 0. The van der Waals surface area contributed by atoms with E-state index in [1.165, 1.54) is 6.42 Å². The molecule has 16 heavy (non-hydrogen) atoms. The number of ether oxygens (including phenoxy) is 1. The van der Waals surface area contributed by atoms with Crippen LogP contribution in [0, 0.1) is 0 Å². The summed E-state index contributed by atoms with van der Waals surface area (Å²) in [5, 5.41) is 3.46. The van der Waals surface area contributed by atoms with Gasteiger partial charge in [-0.1, -0.05) is 0 Å². The van der Waals surface area contributed by atoms with E-state index in [0.717, 1.165) is 32.8 Å². The van der Waals surface area contributed by atoms with E-state index in [1.807, 2.05) is 0 Å². The number of likely N-dealkylation sites (N-methyl/N-ethyl adjacent to an activating group) is 1. The predicted molar refractivity (Wildman–Crippen MR) is 70.0 cm³/mol. The molecule has 0 rings (SSSR count). The second-order valence-corrected chi connectivity index (χ2v) is 4.69. The van der Waals surface area contributed by atoms with E-state index < -0.39 is 0 Å². The van der Waals surface area contributed by atoms with E-state index in [4.69, 9.17) is 4.74 Å². The van der Waals surface area contributed by atoms with Gasteiger partial charge < -0.3 is 19.9 Å². The van der Waals surface area contributed by atoms with Crippen molar-refractivity contribution in [3.05, 3.63) is 0 Å². The summed E-state index contributed by atoms with van der Waals surface area (Å²) < 4.78 is 5.13. The fourth-order valence-electron chi connectivity index (χ4n) is 1.49. The Kier molecular flexibility index (Phi) is 9.92. The van der Waals surface area contributed by atoms with Crippen molar-refractivity contribution in [3.63, 3.8) is 0 Å². The third-order valence-corrected chi connectivity index (χ3v) is 2.76. The lowest BCUT2D eigenvalue weighted by Crippen LogP contribution is -2.38. The maximum atomic E-state index is 5.13. The van der Waals surface area contributed by atoms with Crippen LogP contribution in [0.2, 0.25) is 0 Å². The van der Waals surface area contributed by atoms with Gasteiger partial charge in [0, 0.05) is 26.2 Å². The second kappa shape index (κ2) is 10.0. The van der Waals surface area contributed by atoms with Crippen molar-refractivity contribution in [3.8, 4) is 0 Å². The fraction of sp³-hybridized carbons (Fsp3) is 1.00. The maximum Gasteiger partial charge on any atom is 0.0615 e. The molecule has 0 spiro atoms. The third kappa shape index (κ3) is 9.09. The minimum atomic E-state index is 0.494. The average molecular weight is 231 g/mol. The van der Waals surface area contributed by atoms with Crippen LogP contribution in [-0.2, 0) is 4.74 Å². The number of hydrogen-bond acceptors (Lipinski definition) is 4. The van der Waals surface area contributed by atoms with Gasteiger partial charge in [-0.2, -0.15) is 0 Å². The molecule has 0 aliphatic rings. The zero-order chi connectivity index (χ0) is 12.4. The largest absolute Gasteiger partial charge is 0.383 e. The Bertz CT molecular complexity index is 153. The van der Waals surface area contributed by atoms with Crippen molar-refractivity contribution in [2.75, 3.05) is 61.0 Å². The number of rotatable bonds is 10. The predicted octanol–water partition coefficient (Wildman–Crippen LogP) is 0.494. The first-order chi connectivity index (χ1) is 7.57. The molecule has 1 atom stereocenters. The molecule has 4 nitrogen and oxygen atoms in total. The number of nitrogens with zero attached hydrogens (tertiary/aromatic N) is 2. The van der Waals surface area contributed by atoms with Crippen molar-refractivity contribution < 1.29 is 4.74 Å². The van der Waals surface area contributed by atoms with Gasteiger partial charge in [0.25, 0.3) is 0 Å². The van der Waals surface area contributed by atoms with Gasteiger partial charge >= 0.3 is 0 Å². The molecule has 1 N–H and O–H groups in total. The standard InChI is InChI=1S/C12H29N3O/c1-12(11-16-5)15(4)10-8-13-7-6-9-14(2)3/h12-13H,6-11H2,1-5H3. The molecule has 0 aliphatic carbocycles. The molecule has 0 saturated carbocycles. The molecule has 4 heteroatoms. The lowest BCUT2D eigenvalue weighted by molar-refractivity contribution is 0.116. The normalized spacial score (nSPS) is 13.7. The van der Waals surface area contributed by atoms with Gasteiger partial charge in [-0.3, -0.25) is 0 Å². The van der Waals surface area contributed by atoms with E-state index in [2.05, 4.69) is 43.2 Å². The van der Waals surface area contributed by atoms with Gasteiger partial charge in [-0.05, 0) is 47.6 Å². The Morgan fingerprint density at radius 3 is 2.38 bits per heavy atom. The molecule has 0 aromatic carbocycles. The van der Waals surface area contributed by atoms with Crippen LogP contribution < -0.4 is 5.32 Å². The summed E-state index contributed by atoms with van der Waals surface area (Å²) in [7, 11) is 8.12. The van der Waals surface area contributed by atoms with Crippen LogP contribution >= 0.6 is 0 Å². The smallest absolute Gasteiger partial charge is 0.0615 e. The SMILES string of the molecule is COCC(C)N(C)CCNCCCN(C)C. The summed E-state index contributed by atoms with van der Waals surface area (Å²) in [6.45, 7) is 7.38. The molecule has 0 bridgehead atoms. The van der Waals surface area contributed by atoms with E-state index in [-0.39, 0.29) is 0 Å². The van der Waals surface area contributed by atoms with Gasteiger partial charge in [-0.25, -0.2) is 0 Å². The maximum absolute atomic E-state index is 5.13. The first-order valence-electron chi connectivity index (χ1n) is 6.12. The second-order valence-electron chi connectivity index (χ2n) is 4.69. The highest BCUT2D eigenvalue weighted by Gasteiger charge is 2.07. The van der Waals surface area contributed by atoms with Crippen LogP contribution in [0.15, 0.2) is 0 Å². The van der Waals surface area contributed by atoms with E-state index in [1.54, 1.807) is 7.11 Å². The molecule has 0 saturated heterocycles. The summed E-state index contributed by atoms with van der Waals surface area (Å²) in [4.78, 5) is 4.54. The summed E-state index contributed by atoms with van der Waals surface area (Å²) in [6.07, 6.45) is 1.21. The number of hydrogen-bond donors (Lipinski definition) is 1. The fourth-order valence-corrected chi connectivity index (χ4v) is 1.49. The summed E-state index contributed by atoms with van der Waals surface area (Å²) in [5.41, 5.74) is 0. The first kappa shape index (κ1) is 15.8. The molecule has 1 unspecified atom stereocenters. The monoisotopic (exact) mass is 231 g/mol. The molecule has 98 valence electrons. The third-order valence-electron chi connectivity index (χ3n) is 2.76. The lowest BCUT2D eigenvalue weighted by Gasteiger charge is -2.24. The summed E-state index contributed by atoms with van der Waals surface area (Å²) in [5.74, 6) is 0. The van der Waals surface area contributed by atoms with Crippen LogP contribution in [0.25, 0.3) is 0 Å². The van der Waals surface area contributed by atoms with Crippen LogP contribution in [0.5, 0.6) is 0 Å². The van der Waals surface area contributed by atoms with Crippen LogP contribution in [0.1, 0.15) is 13.3 Å². The van der Waals surface area contributed by atoms with Gasteiger partial charge in [0.2, 0.25) is 0 Å². The zero-order valence-electron chi connectivity index (χ0n) is 11.6. The minimum absolute atomic E-state index is 0.494. The Hall–Kier alpha value is -0.160. The van der Waals surface area contributed by atoms with Crippen molar-refractivity contribution >= 4 is 0 Å². The van der Waals surface area contributed by atoms with Crippen LogP contribution in [0.3, 0.4) is 0 Å². The van der Waals surface area contributed by atoms with E-state index in [0.29, 0.717) is 6.04 Å². The molecule has 0 radical (unpaired) electrons.